The minimum Gasteiger partial charge on any atom is -0.481 e. The van der Waals surface area contributed by atoms with Crippen molar-refractivity contribution in [2.45, 2.75) is 13.0 Å². The van der Waals surface area contributed by atoms with Gasteiger partial charge in [0.1, 0.15) is 5.75 Å². The molecule has 1 rings (SSSR count). The Kier molecular flexibility index (Phi) is 5.05. The fourth-order valence-corrected chi connectivity index (χ4v) is 1.49. The van der Waals surface area contributed by atoms with Crippen molar-refractivity contribution in [3.05, 3.63) is 41.4 Å². The van der Waals surface area contributed by atoms with Crippen molar-refractivity contribution in [3.8, 4) is 5.75 Å². The third kappa shape index (κ3) is 4.06. The van der Waals surface area contributed by atoms with Crippen LogP contribution in [0.3, 0.4) is 0 Å². The van der Waals surface area contributed by atoms with E-state index in [0.29, 0.717) is 12.3 Å². The van der Waals surface area contributed by atoms with Crippen LogP contribution in [0.4, 0.5) is 0 Å². The van der Waals surface area contributed by atoms with Crippen molar-refractivity contribution in [2.75, 3.05) is 6.54 Å². The molecule has 86 valence electrons. The summed E-state index contributed by atoms with van der Waals surface area (Å²) in [7, 11) is 0. The van der Waals surface area contributed by atoms with E-state index in [9.17, 15) is 4.79 Å². The molecule has 1 amide bonds. The molecule has 0 fully saturated rings. The Morgan fingerprint density at radius 2 is 2.44 bits per heavy atom. The Morgan fingerprint density at radius 3 is 3.06 bits per heavy atom. The van der Waals surface area contributed by atoms with Gasteiger partial charge < -0.3 is 10.1 Å². The molecular formula is C12H14BrNO2. The molecule has 0 saturated heterocycles. The summed E-state index contributed by atoms with van der Waals surface area (Å²) >= 11 is 3.34. The minimum absolute atomic E-state index is 0.153. The number of amides is 1. The maximum absolute atomic E-state index is 11.5. The second-order valence-corrected chi connectivity index (χ2v) is 4.17. The summed E-state index contributed by atoms with van der Waals surface area (Å²) in [6.45, 7) is 5.68. The van der Waals surface area contributed by atoms with Crippen LogP contribution in [0.15, 0.2) is 41.4 Å². The molecule has 16 heavy (non-hydrogen) atoms. The number of hydrogen-bond donors (Lipinski definition) is 1. The molecule has 0 unspecified atom stereocenters. The zero-order valence-electron chi connectivity index (χ0n) is 9.07. The van der Waals surface area contributed by atoms with Crippen molar-refractivity contribution < 1.29 is 9.53 Å². The maximum Gasteiger partial charge on any atom is 0.261 e. The molecule has 4 heteroatoms. The number of carbonyl (C=O) groups excluding carboxylic acids is 1. The molecule has 1 aromatic rings. The van der Waals surface area contributed by atoms with Crippen LogP contribution in [0.2, 0.25) is 0 Å². The monoisotopic (exact) mass is 283 g/mol. The van der Waals surface area contributed by atoms with E-state index in [4.69, 9.17) is 4.74 Å². The zero-order valence-corrected chi connectivity index (χ0v) is 10.7. The fourth-order valence-electron chi connectivity index (χ4n) is 1.11. The molecule has 1 N–H and O–H groups in total. The van der Waals surface area contributed by atoms with E-state index in [1.54, 1.807) is 13.0 Å². The van der Waals surface area contributed by atoms with Crippen LogP contribution < -0.4 is 10.1 Å². The lowest BCUT2D eigenvalue weighted by Gasteiger charge is -2.14. The Morgan fingerprint density at radius 1 is 1.69 bits per heavy atom. The predicted molar refractivity (Wildman–Crippen MR) is 67.4 cm³/mol. The van der Waals surface area contributed by atoms with Crippen LogP contribution in [0.5, 0.6) is 5.75 Å². The van der Waals surface area contributed by atoms with Gasteiger partial charge in [-0.2, -0.15) is 0 Å². The number of nitrogens with one attached hydrogen (secondary N) is 1. The summed E-state index contributed by atoms with van der Waals surface area (Å²) in [5.41, 5.74) is 0. The van der Waals surface area contributed by atoms with Gasteiger partial charge in [0.2, 0.25) is 0 Å². The largest absolute Gasteiger partial charge is 0.481 e. The van der Waals surface area contributed by atoms with E-state index in [2.05, 4.69) is 27.8 Å². The van der Waals surface area contributed by atoms with Gasteiger partial charge in [0.05, 0.1) is 0 Å². The van der Waals surface area contributed by atoms with Crippen LogP contribution in [0, 0.1) is 0 Å². The summed E-state index contributed by atoms with van der Waals surface area (Å²) in [5, 5.41) is 2.67. The normalized spacial score (nSPS) is 11.6. The lowest BCUT2D eigenvalue weighted by Crippen LogP contribution is -2.36. The molecule has 0 saturated carbocycles. The highest BCUT2D eigenvalue weighted by Crippen LogP contribution is 2.18. The van der Waals surface area contributed by atoms with Crippen molar-refractivity contribution in [3.63, 3.8) is 0 Å². The first-order valence-corrected chi connectivity index (χ1v) is 5.73. The molecule has 0 bridgehead atoms. The van der Waals surface area contributed by atoms with E-state index in [1.807, 2.05) is 24.3 Å². The highest BCUT2D eigenvalue weighted by Gasteiger charge is 2.13. The molecule has 0 radical (unpaired) electrons. The van der Waals surface area contributed by atoms with E-state index >= 15 is 0 Å². The van der Waals surface area contributed by atoms with Gasteiger partial charge in [-0.3, -0.25) is 4.79 Å². The summed E-state index contributed by atoms with van der Waals surface area (Å²) < 4.78 is 6.40. The molecule has 1 aromatic carbocycles. The molecule has 0 aliphatic rings. The van der Waals surface area contributed by atoms with Crippen molar-refractivity contribution in [2.24, 2.45) is 0 Å². The molecule has 0 aliphatic carbocycles. The van der Waals surface area contributed by atoms with Crippen LogP contribution in [0.1, 0.15) is 6.92 Å². The molecular weight excluding hydrogens is 270 g/mol. The first-order chi connectivity index (χ1) is 7.63. The number of benzene rings is 1. The van der Waals surface area contributed by atoms with E-state index in [0.717, 1.165) is 4.47 Å². The second kappa shape index (κ2) is 6.33. The van der Waals surface area contributed by atoms with Crippen LogP contribution in [0.25, 0.3) is 0 Å². The lowest BCUT2D eigenvalue weighted by atomic mass is 10.3. The highest BCUT2D eigenvalue weighted by molar-refractivity contribution is 9.10. The van der Waals surface area contributed by atoms with E-state index in [1.165, 1.54) is 0 Å². The van der Waals surface area contributed by atoms with Gasteiger partial charge in [0.15, 0.2) is 6.10 Å². The van der Waals surface area contributed by atoms with Crippen LogP contribution in [-0.2, 0) is 4.79 Å². The SMILES string of the molecule is C=CCNC(=O)[C@@H](C)Oc1cccc(Br)c1. The van der Waals surface area contributed by atoms with Crippen molar-refractivity contribution >= 4 is 21.8 Å². The topological polar surface area (TPSA) is 38.3 Å². The van der Waals surface area contributed by atoms with Crippen LogP contribution >= 0.6 is 15.9 Å². The highest BCUT2D eigenvalue weighted by atomic mass is 79.9. The first kappa shape index (κ1) is 12.8. The van der Waals surface area contributed by atoms with Crippen molar-refractivity contribution in [1.82, 2.24) is 5.32 Å². The Hall–Kier alpha value is -1.29. The van der Waals surface area contributed by atoms with Crippen LogP contribution in [-0.4, -0.2) is 18.6 Å². The van der Waals surface area contributed by atoms with Gasteiger partial charge >= 0.3 is 0 Å². The first-order valence-electron chi connectivity index (χ1n) is 4.94. The van der Waals surface area contributed by atoms with Gasteiger partial charge in [-0.25, -0.2) is 0 Å². The molecule has 0 aliphatic heterocycles. The average molecular weight is 284 g/mol. The Labute approximate surface area is 104 Å². The quantitative estimate of drug-likeness (QED) is 0.844. The number of ether oxygens (including phenoxy) is 1. The smallest absolute Gasteiger partial charge is 0.261 e. The van der Waals surface area contributed by atoms with E-state index < -0.39 is 6.10 Å². The lowest BCUT2D eigenvalue weighted by molar-refractivity contribution is -0.127. The number of carbonyl (C=O) groups is 1. The van der Waals surface area contributed by atoms with Gasteiger partial charge in [-0.1, -0.05) is 28.1 Å². The predicted octanol–water partition coefficient (Wildman–Crippen LogP) is 2.52. The van der Waals surface area contributed by atoms with Gasteiger partial charge in [0, 0.05) is 11.0 Å². The molecule has 0 aromatic heterocycles. The Bertz CT molecular complexity index is 379. The zero-order chi connectivity index (χ0) is 12.0. The molecule has 0 spiro atoms. The number of halogens is 1. The Balaban J connectivity index is 2.53. The minimum atomic E-state index is -0.519. The molecule has 1 atom stereocenters. The summed E-state index contributed by atoms with van der Waals surface area (Å²) in [5.74, 6) is 0.510. The average Bonchev–Trinajstić information content (AvgIpc) is 2.25. The fraction of sp³-hybridized carbons (Fsp3) is 0.250. The van der Waals surface area contributed by atoms with Gasteiger partial charge in [-0.05, 0) is 25.1 Å². The van der Waals surface area contributed by atoms with E-state index in [-0.39, 0.29) is 5.91 Å². The third-order valence-corrected chi connectivity index (χ3v) is 2.39. The van der Waals surface area contributed by atoms with Gasteiger partial charge in [-0.15, -0.1) is 6.58 Å². The maximum atomic E-state index is 11.5. The number of hydrogen-bond acceptors (Lipinski definition) is 2. The van der Waals surface area contributed by atoms with Gasteiger partial charge in [0.25, 0.3) is 5.91 Å². The standard InChI is InChI=1S/C12H14BrNO2/c1-3-7-14-12(15)9(2)16-11-6-4-5-10(13)8-11/h3-6,8-9H,1,7H2,2H3,(H,14,15)/t9-/m1/s1. The summed E-state index contributed by atoms with van der Waals surface area (Å²) in [4.78, 5) is 11.5. The number of rotatable bonds is 5. The summed E-state index contributed by atoms with van der Waals surface area (Å²) in [6.07, 6.45) is 1.11. The molecule has 0 heterocycles. The molecule has 3 nitrogen and oxygen atoms in total. The summed E-state index contributed by atoms with van der Waals surface area (Å²) in [6, 6.07) is 7.38. The second-order valence-electron chi connectivity index (χ2n) is 3.25. The van der Waals surface area contributed by atoms with Crippen molar-refractivity contribution in [1.29, 1.82) is 0 Å². The third-order valence-electron chi connectivity index (χ3n) is 1.90.